The van der Waals surface area contributed by atoms with Crippen molar-refractivity contribution in [2.45, 2.75) is 50.7 Å². The minimum absolute atomic E-state index is 0.0363. The van der Waals surface area contributed by atoms with Crippen LogP contribution in [-0.4, -0.2) is 61.9 Å². The first-order chi connectivity index (χ1) is 17.5. The Hall–Kier alpha value is -3.03. The van der Waals surface area contributed by atoms with E-state index in [2.05, 4.69) is 16.8 Å². The first-order valence-electron chi connectivity index (χ1n) is 12.9. The SMILES string of the molecule is C=C(CCCCC(=O)N[C@H](CN1CCCC1)[C@H](O)c1ccc2c(c1)OCCO2)c1ccc(OC)cc1. The third kappa shape index (κ3) is 7.02. The van der Waals surface area contributed by atoms with E-state index in [0.717, 1.165) is 67.6 Å². The minimum Gasteiger partial charge on any atom is -0.497 e. The molecule has 0 saturated carbocycles. The monoisotopic (exact) mass is 494 g/mol. The Morgan fingerprint density at radius 3 is 2.47 bits per heavy atom. The van der Waals surface area contributed by atoms with Crippen molar-refractivity contribution >= 4 is 11.5 Å². The number of unbranched alkanes of at least 4 members (excludes halogenated alkanes) is 1. The van der Waals surface area contributed by atoms with Crippen molar-refractivity contribution in [2.24, 2.45) is 0 Å². The van der Waals surface area contributed by atoms with E-state index in [1.54, 1.807) is 7.11 Å². The van der Waals surface area contributed by atoms with Crippen LogP contribution in [0.5, 0.6) is 17.2 Å². The van der Waals surface area contributed by atoms with Gasteiger partial charge in [0.05, 0.1) is 13.2 Å². The fraction of sp³-hybridized carbons (Fsp3) is 0.483. The smallest absolute Gasteiger partial charge is 0.220 e. The van der Waals surface area contributed by atoms with Crippen molar-refractivity contribution in [3.8, 4) is 17.2 Å². The maximum absolute atomic E-state index is 12.9. The first kappa shape index (κ1) is 26.0. The van der Waals surface area contributed by atoms with Crippen LogP contribution in [0, 0.1) is 0 Å². The largest absolute Gasteiger partial charge is 0.497 e. The van der Waals surface area contributed by atoms with Crippen LogP contribution < -0.4 is 19.5 Å². The van der Waals surface area contributed by atoms with Crippen LogP contribution in [-0.2, 0) is 4.79 Å². The second-order valence-corrected chi connectivity index (χ2v) is 9.57. The maximum Gasteiger partial charge on any atom is 0.220 e. The van der Waals surface area contributed by atoms with Gasteiger partial charge in [-0.3, -0.25) is 4.79 Å². The summed E-state index contributed by atoms with van der Waals surface area (Å²) in [6.07, 6.45) is 4.35. The van der Waals surface area contributed by atoms with Crippen LogP contribution in [0.15, 0.2) is 49.0 Å². The molecule has 2 aromatic rings. The molecule has 7 heteroatoms. The fourth-order valence-corrected chi connectivity index (χ4v) is 4.82. The van der Waals surface area contributed by atoms with Gasteiger partial charge in [0.1, 0.15) is 25.1 Å². The number of likely N-dealkylation sites (tertiary alicyclic amines) is 1. The number of allylic oxidation sites excluding steroid dienone is 1. The molecule has 2 aliphatic rings. The molecule has 2 N–H and O–H groups in total. The molecule has 0 unspecified atom stereocenters. The molecular formula is C29H38N2O5. The van der Waals surface area contributed by atoms with Crippen molar-refractivity contribution in [2.75, 3.05) is 40.0 Å². The Balaban J connectivity index is 1.30. The van der Waals surface area contributed by atoms with Gasteiger partial charge < -0.3 is 29.5 Å². The van der Waals surface area contributed by atoms with E-state index in [0.29, 0.717) is 37.7 Å². The van der Waals surface area contributed by atoms with E-state index in [1.807, 2.05) is 42.5 Å². The zero-order valence-electron chi connectivity index (χ0n) is 21.2. The highest BCUT2D eigenvalue weighted by Crippen LogP contribution is 2.33. The van der Waals surface area contributed by atoms with Gasteiger partial charge in [0.2, 0.25) is 5.91 Å². The number of carbonyl (C=O) groups is 1. The summed E-state index contributed by atoms with van der Waals surface area (Å²) in [4.78, 5) is 15.2. The molecule has 36 heavy (non-hydrogen) atoms. The Morgan fingerprint density at radius 1 is 1.06 bits per heavy atom. The number of fused-ring (bicyclic) bond motifs is 1. The number of hydrogen-bond acceptors (Lipinski definition) is 6. The number of carbonyl (C=O) groups excluding carboxylic acids is 1. The molecule has 0 aliphatic carbocycles. The summed E-state index contributed by atoms with van der Waals surface area (Å²) in [5.74, 6) is 2.12. The van der Waals surface area contributed by atoms with Crippen LogP contribution >= 0.6 is 0 Å². The third-order valence-corrected chi connectivity index (χ3v) is 6.92. The van der Waals surface area contributed by atoms with Gasteiger partial charge in [-0.1, -0.05) is 24.8 Å². The highest BCUT2D eigenvalue weighted by molar-refractivity contribution is 5.76. The van der Waals surface area contributed by atoms with Gasteiger partial charge in [0.25, 0.3) is 0 Å². The first-order valence-corrected chi connectivity index (χ1v) is 12.9. The van der Waals surface area contributed by atoms with E-state index in [-0.39, 0.29) is 5.91 Å². The van der Waals surface area contributed by atoms with E-state index >= 15 is 0 Å². The molecular weight excluding hydrogens is 456 g/mol. The topological polar surface area (TPSA) is 80.3 Å². The van der Waals surface area contributed by atoms with Crippen molar-refractivity contribution in [3.63, 3.8) is 0 Å². The van der Waals surface area contributed by atoms with Crippen molar-refractivity contribution in [1.29, 1.82) is 0 Å². The predicted molar refractivity (Wildman–Crippen MR) is 140 cm³/mol. The Bertz CT molecular complexity index is 1020. The Morgan fingerprint density at radius 2 is 1.75 bits per heavy atom. The molecule has 4 rings (SSSR count). The summed E-state index contributed by atoms with van der Waals surface area (Å²) in [6, 6.07) is 13.0. The number of aliphatic hydroxyl groups excluding tert-OH is 1. The molecule has 2 aromatic carbocycles. The van der Waals surface area contributed by atoms with Crippen LogP contribution in [0.1, 0.15) is 55.8 Å². The lowest BCUT2D eigenvalue weighted by Gasteiger charge is -2.29. The van der Waals surface area contributed by atoms with Crippen LogP contribution in [0.3, 0.4) is 0 Å². The molecule has 1 fully saturated rings. The third-order valence-electron chi connectivity index (χ3n) is 6.92. The fourth-order valence-electron chi connectivity index (χ4n) is 4.82. The zero-order chi connectivity index (χ0) is 25.3. The molecule has 194 valence electrons. The van der Waals surface area contributed by atoms with Gasteiger partial charge in [-0.15, -0.1) is 0 Å². The lowest BCUT2D eigenvalue weighted by atomic mass is 9.99. The normalized spacial score (nSPS) is 16.8. The molecule has 0 spiro atoms. The summed E-state index contributed by atoms with van der Waals surface area (Å²) in [7, 11) is 1.65. The summed E-state index contributed by atoms with van der Waals surface area (Å²) in [6.45, 7) is 7.81. The number of nitrogens with one attached hydrogen (secondary N) is 1. The van der Waals surface area contributed by atoms with Gasteiger partial charge in [-0.25, -0.2) is 0 Å². The molecule has 7 nitrogen and oxygen atoms in total. The Labute approximate surface area is 214 Å². The summed E-state index contributed by atoms with van der Waals surface area (Å²) in [5, 5.41) is 14.4. The molecule has 1 saturated heterocycles. The summed E-state index contributed by atoms with van der Waals surface area (Å²) >= 11 is 0. The molecule has 2 aliphatic heterocycles. The maximum atomic E-state index is 12.9. The van der Waals surface area contributed by atoms with Gasteiger partial charge in [-0.2, -0.15) is 0 Å². The van der Waals surface area contributed by atoms with E-state index in [9.17, 15) is 9.90 Å². The highest BCUT2D eigenvalue weighted by atomic mass is 16.6. The molecule has 2 heterocycles. The minimum atomic E-state index is -0.833. The molecule has 2 atom stereocenters. The summed E-state index contributed by atoms with van der Waals surface area (Å²) in [5.41, 5.74) is 2.87. The molecule has 0 bridgehead atoms. The van der Waals surface area contributed by atoms with Crippen molar-refractivity contribution < 1.29 is 24.1 Å². The average Bonchev–Trinajstić information content (AvgIpc) is 3.43. The van der Waals surface area contributed by atoms with E-state index in [1.165, 1.54) is 0 Å². The quantitative estimate of drug-likeness (QED) is 0.427. The van der Waals surface area contributed by atoms with E-state index in [4.69, 9.17) is 14.2 Å². The number of aliphatic hydroxyl groups is 1. The van der Waals surface area contributed by atoms with Gasteiger partial charge in [-0.05, 0) is 86.2 Å². The number of methoxy groups -OCH3 is 1. The van der Waals surface area contributed by atoms with Crippen LogP contribution in [0.2, 0.25) is 0 Å². The standard InChI is InChI=1S/C29H38N2O5/c1-21(22-9-12-24(34-2)13-10-22)7-3-4-8-28(32)30-25(20-31-15-5-6-16-31)29(33)23-11-14-26-27(19-23)36-18-17-35-26/h9-14,19,25,29,33H,1,3-8,15-18,20H2,2H3,(H,30,32)/t25-,29-/m1/s1. The second kappa shape index (κ2) is 12.8. The number of nitrogens with zero attached hydrogens (tertiary/aromatic N) is 1. The van der Waals surface area contributed by atoms with Crippen molar-refractivity contribution in [1.82, 2.24) is 10.2 Å². The molecule has 1 amide bonds. The summed E-state index contributed by atoms with van der Waals surface area (Å²) < 4.78 is 16.5. The van der Waals surface area contributed by atoms with Gasteiger partial charge in [0, 0.05) is 13.0 Å². The van der Waals surface area contributed by atoms with Crippen molar-refractivity contribution in [3.05, 3.63) is 60.2 Å². The zero-order valence-corrected chi connectivity index (χ0v) is 21.2. The molecule has 0 aromatic heterocycles. The highest BCUT2D eigenvalue weighted by Gasteiger charge is 2.27. The van der Waals surface area contributed by atoms with Gasteiger partial charge >= 0.3 is 0 Å². The number of benzene rings is 2. The lowest BCUT2D eigenvalue weighted by molar-refractivity contribution is -0.123. The van der Waals surface area contributed by atoms with Gasteiger partial charge in [0.15, 0.2) is 11.5 Å². The van der Waals surface area contributed by atoms with Crippen LogP contribution in [0.25, 0.3) is 5.57 Å². The average molecular weight is 495 g/mol. The van der Waals surface area contributed by atoms with E-state index < -0.39 is 12.1 Å². The number of hydrogen-bond donors (Lipinski definition) is 2. The predicted octanol–water partition coefficient (Wildman–Crippen LogP) is 4.35. The molecule has 0 radical (unpaired) electrons. The Kier molecular flexibility index (Phi) is 9.25. The van der Waals surface area contributed by atoms with Crippen LogP contribution in [0.4, 0.5) is 0 Å². The lowest BCUT2D eigenvalue weighted by Crippen LogP contribution is -2.46. The number of rotatable bonds is 12. The number of amides is 1. The number of ether oxygens (including phenoxy) is 3. The second-order valence-electron chi connectivity index (χ2n) is 9.57.